The summed E-state index contributed by atoms with van der Waals surface area (Å²) in [6, 6.07) is 0. The van der Waals surface area contributed by atoms with Crippen molar-refractivity contribution in [3.05, 3.63) is 18.8 Å². The third-order valence-corrected chi connectivity index (χ3v) is 3.20. The van der Waals surface area contributed by atoms with Crippen molar-refractivity contribution in [2.24, 2.45) is 5.92 Å². The van der Waals surface area contributed by atoms with E-state index in [1.54, 1.807) is 0 Å². The molecule has 1 radical (unpaired) electrons. The van der Waals surface area contributed by atoms with Crippen molar-refractivity contribution in [2.45, 2.75) is 58.3 Å². The lowest BCUT2D eigenvalue weighted by atomic mass is 9.88. The Morgan fingerprint density at radius 3 is 2.60 bits per heavy atom. The van der Waals surface area contributed by atoms with Crippen molar-refractivity contribution in [3.63, 3.8) is 0 Å². The topological polar surface area (TPSA) is 9.23 Å². The fraction of sp³-hybridized carbons (Fsp3) is 0.786. The number of ether oxygens (including phenoxy) is 1. The van der Waals surface area contributed by atoms with Crippen LogP contribution in [-0.4, -0.2) is 6.61 Å². The maximum atomic E-state index is 5.49. The summed E-state index contributed by atoms with van der Waals surface area (Å²) in [5.41, 5.74) is 0. The second kappa shape index (κ2) is 7.92. The van der Waals surface area contributed by atoms with Crippen LogP contribution in [0.15, 0.2) is 12.7 Å². The SMILES string of the molecule is C=CCC(CCCCCCC)[C]1CCO1. The van der Waals surface area contributed by atoms with Gasteiger partial charge < -0.3 is 4.74 Å². The summed E-state index contributed by atoms with van der Waals surface area (Å²) in [5, 5.41) is 0. The molecule has 0 aromatic carbocycles. The van der Waals surface area contributed by atoms with E-state index in [1.165, 1.54) is 51.0 Å². The quantitative estimate of drug-likeness (QED) is 0.401. The molecule has 1 unspecified atom stereocenters. The lowest BCUT2D eigenvalue weighted by molar-refractivity contribution is 0.00537. The predicted molar refractivity (Wildman–Crippen MR) is 65.5 cm³/mol. The summed E-state index contributed by atoms with van der Waals surface area (Å²) in [5.74, 6) is 0.665. The van der Waals surface area contributed by atoms with E-state index in [1.807, 2.05) is 6.08 Å². The molecule has 1 aliphatic heterocycles. The molecular formula is C14H25O. The zero-order valence-corrected chi connectivity index (χ0v) is 10.1. The van der Waals surface area contributed by atoms with Crippen LogP contribution in [0.5, 0.6) is 0 Å². The van der Waals surface area contributed by atoms with Crippen LogP contribution in [0.1, 0.15) is 58.3 Å². The van der Waals surface area contributed by atoms with Gasteiger partial charge in [-0.1, -0.05) is 45.1 Å². The highest BCUT2D eigenvalue weighted by atomic mass is 16.5. The van der Waals surface area contributed by atoms with Crippen molar-refractivity contribution < 1.29 is 4.74 Å². The first kappa shape index (κ1) is 12.8. The van der Waals surface area contributed by atoms with Gasteiger partial charge in [-0.2, -0.15) is 0 Å². The van der Waals surface area contributed by atoms with Crippen LogP contribution in [0, 0.1) is 12.0 Å². The van der Waals surface area contributed by atoms with Gasteiger partial charge in [-0.05, 0) is 18.8 Å². The van der Waals surface area contributed by atoms with Crippen LogP contribution < -0.4 is 0 Å². The number of allylic oxidation sites excluding steroid dienone is 1. The fourth-order valence-corrected chi connectivity index (χ4v) is 2.15. The molecule has 1 rings (SSSR count). The molecule has 0 aliphatic carbocycles. The predicted octanol–water partition coefficient (Wildman–Crippen LogP) is 4.49. The van der Waals surface area contributed by atoms with Crippen molar-refractivity contribution in [1.82, 2.24) is 0 Å². The third kappa shape index (κ3) is 4.83. The summed E-state index contributed by atoms with van der Waals surface area (Å²) >= 11 is 0. The first-order valence-corrected chi connectivity index (χ1v) is 6.48. The Kier molecular flexibility index (Phi) is 6.74. The molecule has 0 bridgehead atoms. The molecule has 87 valence electrons. The minimum atomic E-state index is 0.665. The molecule has 15 heavy (non-hydrogen) atoms. The Morgan fingerprint density at radius 1 is 1.33 bits per heavy atom. The molecule has 1 nitrogen and oxygen atoms in total. The number of rotatable bonds is 9. The molecule has 1 heteroatoms. The molecule has 0 spiro atoms. The van der Waals surface area contributed by atoms with Gasteiger partial charge in [0.1, 0.15) is 6.10 Å². The fourth-order valence-electron chi connectivity index (χ4n) is 2.15. The zero-order chi connectivity index (χ0) is 10.9. The second-order valence-corrected chi connectivity index (χ2v) is 4.49. The normalized spacial score (nSPS) is 18.5. The van der Waals surface area contributed by atoms with Crippen molar-refractivity contribution in [1.29, 1.82) is 0 Å². The lowest BCUT2D eigenvalue weighted by Gasteiger charge is -2.32. The summed E-state index contributed by atoms with van der Waals surface area (Å²) in [4.78, 5) is 0. The summed E-state index contributed by atoms with van der Waals surface area (Å²) in [6.07, 6.45) is 13.8. The Bertz CT molecular complexity index is 161. The van der Waals surface area contributed by atoms with Crippen LogP contribution in [-0.2, 0) is 4.74 Å². The van der Waals surface area contributed by atoms with E-state index in [9.17, 15) is 0 Å². The van der Waals surface area contributed by atoms with Gasteiger partial charge in [0, 0.05) is 6.42 Å². The maximum absolute atomic E-state index is 5.49. The third-order valence-electron chi connectivity index (χ3n) is 3.20. The standard InChI is InChI=1S/C14H25O/c1-3-5-6-7-8-10-13(9-4-2)14-11-12-15-14/h4,13H,2-3,5-12H2,1H3. The van der Waals surface area contributed by atoms with E-state index in [4.69, 9.17) is 4.74 Å². The van der Waals surface area contributed by atoms with Crippen LogP contribution >= 0.6 is 0 Å². The Balaban J connectivity index is 2.05. The minimum absolute atomic E-state index is 0.665. The van der Waals surface area contributed by atoms with Gasteiger partial charge in [0.25, 0.3) is 0 Å². The van der Waals surface area contributed by atoms with E-state index in [0.29, 0.717) is 5.92 Å². The van der Waals surface area contributed by atoms with Crippen LogP contribution in [0.2, 0.25) is 0 Å². The second-order valence-electron chi connectivity index (χ2n) is 4.49. The number of unbranched alkanes of at least 4 members (excludes halogenated alkanes) is 4. The van der Waals surface area contributed by atoms with Gasteiger partial charge in [-0.25, -0.2) is 0 Å². The molecular weight excluding hydrogens is 184 g/mol. The smallest absolute Gasteiger partial charge is 0.103 e. The first-order chi connectivity index (χ1) is 7.38. The van der Waals surface area contributed by atoms with Gasteiger partial charge in [0.15, 0.2) is 0 Å². The lowest BCUT2D eigenvalue weighted by Crippen LogP contribution is -2.26. The van der Waals surface area contributed by atoms with E-state index in [0.717, 1.165) is 13.0 Å². The van der Waals surface area contributed by atoms with Gasteiger partial charge >= 0.3 is 0 Å². The van der Waals surface area contributed by atoms with Crippen LogP contribution in [0.25, 0.3) is 0 Å². The van der Waals surface area contributed by atoms with Crippen LogP contribution in [0.4, 0.5) is 0 Å². The molecule has 0 aromatic heterocycles. The number of hydrogen-bond donors (Lipinski definition) is 0. The highest BCUT2D eigenvalue weighted by molar-refractivity contribution is 4.95. The average Bonchev–Trinajstić information content (AvgIpc) is 2.15. The largest absolute Gasteiger partial charge is 0.371 e. The molecule has 1 saturated heterocycles. The molecule has 0 aromatic rings. The molecule has 1 atom stereocenters. The monoisotopic (exact) mass is 209 g/mol. The first-order valence-electron chi connectivity index (χ1n) is 6.48. The van der Waals surface area contributed by atoms with Gasteiger partial charge in [0.2, 0.25) is 0 Å². The Labute approximate surface area is 94.9 Å². The van der Waals surface area contributed by atoms with E-state index >= 15 is 0 Å². The van der Waals surface area contributed by atoms with Gasteiger partial charge in [-0.3, -0.25) is 0 Å². The molecule has 1 heterocycles. The van der Waals surface area contributed by atoms with E-state index in [2.05, 4.69) is 13.5 Å². The van der Waals surface area contributed by atoms with E-state index in [-0.39, 0.29) is 0 Å². The molecule has 0 saturated carbocycles. The van der Waals surface area contributed by atoms with Crippen molar-refractivity contribution >= 4 is 0 Å². The van der Waals surface area contributed by atoms with Crippen molar-refractivity contribution in [2.75, 3.05) is 6.61 Å². The Morgan fingerprint density at radius 2 is 2.07 bits per heavy atom. The van der Waals surface area contributed by atoms with Gasteiger partial charge in [0.05, 0.1) is 6.61 Å². The summed E-state index contributed by atoms with van der Waals surface area (Å²) < 4.78 is 5.49. The Hall–Kier alpha value is -0.300. The molecule has 1 fully saturated rings. The minimum Gasteiger partial charge on any atom is -0.371 e. The van der Waals surface area contributed by atoms with Crippen LogP contribution in [0.3, 0.4) is 0 Å². The van der Waals surface area contributed by atoms with Crippen molar-refractivity contribution in [3.8, 4) is 0 Å². The molecule has 1 aliphatic rings. The zero-order valence-electron chi connectivity index (χ0n) is 10.1. The van der Waals surface area contributed by atoms with E-state index < -0.39 is 0 Å². The molecule has 0 amide bonds. The summed E-state index contributed by atoms with van der Waals surface area (Å²) in [6.45, 7) is 7.04. The highest BCUT2D eigenvalue weighted by Gasteiger charge is 2.27. The molecule has 0 N–H and O–H groups in total. The number of hydrogen-bond acceptors (Lipinski definition) is 1. The highest BCUT2D eigenvalue weighted by Crippen LogP contribution is 2.34. The average molecular weight is 209 g/mol. The van der Waals surface area contributed by atoms with Gasteiger partial charge in [-0.15, -0.1) is 6.58 Å². The summed E-state index contributed by atoms with van der Waals surface area (Å²) in [7, 11) is 0. The maximum Gasteiger partial charge on any atom is 0.103 e.